The maximum atomic E-state index is 12.1. The molecule has 0 atom stereocenters. The Morgan fingerprint density at radius 1 is 1.00 bits per heavy atom. The van der Waals surface area contributed by atoms with Gasteiger partial charge < -0.3 is 15.2 Å². The van der Waals surface area contributed by atoms with Gasteiger partial charge in [-0.2, -0.15) is 0 Å². The van der Waals surface area contributed by atoms with Crippen LogP contribution in [0.4, 0.5) is 17.3 Å². The summed E-state index contributed by atoms with van der Waals surface area (Å²) < 4.78 is 4.90. The second kappa shape index (κ2) is 6.49. The van der Waals surface area contributed by atoms with E-state index >= 15 is 0 Å². The molecule has 0 saturated heterocycles. The highest BCUT2D eigenvalue weighted by Gasteiger charge is 2.11. The highest BCUT2D eigenvalue weighted by Crippen LogP contribution is 2.20. The Hall–Kier alpha value is -3.22. The number of aromatic nitrogens is 3. The quantitative estimate of drug-likeness (QED) is 0.764. The van der Waals surface area contributed by atoms with Crippen LogP contribution in [0.2, 0.25) is 0 Å². The zero-order valence-electron chi connectivity index (χ0n) is 13.6. The van der Waals surface area contributed by atoms with Crippen LogP contribution >= 0.6 is 0 Å². The predicted octanol–water partition coefficient (Wildman–Crippen LogP) is 3.39. The number of nitrogens with one attached hydrogen (secondary N) is 2. The average molecular weight is 323 g/mol. The lowest BCUT2D eigenvalue weighted by Gasteiger charge is -2.09. The SMILES string of the molecule is Cc1ccc(C)c(Nc2ccc(C(=O)Nc3cc(C)on3)nn2)c1. The molecule has 0 aliphatic heterocycles. The van der Waals surface area contributed by atoms with Gasteiger partial charge in [0.25, 0.3) is 5.91 Å². The van der Waals surface area contributed by atoms with Crippen molar-refractivity contribution in [1.82, 2.24) is 15.4 Å². The number of aryl methyl sites for hydroxylation is 3. The number of benzene rings is 1. The molecule has 2 aromatic heterocycles. The zero-order valence-corrected chi connectivity index (χ0v) is 13.6. The van der Waals surface area contributed by atoms with Crippen LogP contribution in [0.5, 0.6) is 0 Å². The highest BCUT2D eigenvalue weighted by atomic mass is 16.5. The first-order valence-electron chi connectivity index (χ1n) is 7.44. The van der Waals surface area contributed by atoms with Crippen molar-refractivity contribution in [3.05, 3.63) is 59.0 Å². The van der Waals surface area contributed by atoms with Gasteiger partial charge in [-0.05, 0) is 50.1 Å². The Labute approximate surface area is 139 Å². The Kier molecular flexibility index (Phi) is 4.24. The summed E-state index contributed by atoms with van der Waals surface area (Å²) in [5.41, 5.74) is 3.40. The van der Waals surface area contributed by atoms with Crippen molar-refractivity contribution < 1.29 is 9.32 Å². The Morgan fingerprint density at radius 2 is 1.83 bits per heavy atom. The lowest BCUT2D eigenvalue weighted by atomic mass is 10.1. The number of rotatable bonds is 4. The van der Waals surface area contributed by atoms with E-state index in [0.717, 1.165) is 16.8 Å². The standard InChI is InChI=1S/C17H17N5O2/c1-10-4-5-11(2)14(8-10)18-15-7-6-13(20-21-15)17(23)19-16-9-12(3)24-22-16/h4-9H,1-3H3,(H,18,21)(H,19,22,23). The molecule has 24 heavy (non-hydrogen) atoms. The topological polar surface area (TPSA) is 92.9 Å². The fraction of sp³-hybridized carbons (Fsp3) is 0.176. The minimum atomic E-state index is -0.394. The lowest BCUT2D eigenvalue weighted by Crippen LogP contribution is -2.14. The van der Waals surface area contributed by atoms with Gasteiger partial charge in [-0.3, -0.25) is 4.79 Å². The van der Waals surface area contributed by atoms with Gasteiger partial charge in [-0.15, -0.1) is 10.2 Å². The molecule has 0 aliphatic rings. The van der Waals surface area contributed by atoms with Crippen LogP contribution in [0, 0.1) is 20.8 Å². The van der Waals surface area contributed by atoms with Gasteiger partial charge >= 0.3 is 0 Å². The molecule has 0 fully saturated rings. The van der Waals surface area contributed by atoms with E-state index in [2.05, 4.69) is 26.0 Å². The van der Waals surface area contributed by atoms with E-state index in [-0.39, 0.29) is 5.69 Å². The van der Waals surface area contributed by atoms with Gasteiger partial charge in [-0.25, -0.2) is 0 Å². The smallest absolute Gasteiger partial charge is 0.277 e. The van der Waals surface area contributed by atoms with Crippen LogP contribution in [0.25, 0.3) is 0 Å². The van der Waals surface area contributed by atoms with Gasteiger partial charge in [0.05, 0.1) is 0 Å². The van der Waals surface area contributed by atoms with Crippen molar-refractivity contribution in [2.24, 2.45) is 0 Å². The molecule has 0 spiro atoms. The van der Waals surface area contributed by atoms with Crippen LogP contribution in [0.15, 0.2) is 40.9 Å². The third-order valence-electron chi connectivity index (χ3n) is 3.42. The highest BCUT2D eigenvalue weighted by molar-refractivity contribution is 6.02. The van der Waals surface area contributed by atoms with Gasteiger partial charge in [0.2, 0.25) is 0 Å². The molecule has 0 aliphatic carbocycles. The fourth-order valence-corrected chi connectivity index (χ4v) is 2.13. The van der Waals surface area contributed by atoms with E-state index in [0.29, 0.717) is 17.4 Å². The predicted molar refractivity (Wildman–Crippen MR) is 90.4 cm³/mol. The van der Waals surface area contributed by atoms with Crippen LogP contribution in [0.3, 0.4) is 0 Å². The minimum Gasteiger partial charge on any atom is -0.360 e. The zero-order chi connectivity index (χ0) is 17.1. The van der Waals surface area contributed by atoms with E-state index in [1.165, 1.54) is 0 Å². The largest absolute Gasteiger partial charge is 0.360 e. The van der Waals surface area contributed by atoms with Crippen molar-refractivity contribution in [3.8, 4) is 0 Å². The summed E-state index contributed by atoms with van der Waals surface area (Å²) in [6.07, 6.45) is 0. The van der Waals surface area contributed by atoms with Crippen molar-refractivity contribution in [1.29, 1.82) is 0 Å². The van der Waals surface area contributed by atoms with Crippen molar-refractivity contribution in [2.75, 3.05) is 10.6 Å². The number of amides is 1. The first-order chi connectivity index (χ1) is 11.5. The molecule has 7 heteroatoms. The van der Waals surface area contributed by atoms with E-state index in [1.807, 2.05) is 32.0 Å². The van der Waals surface area contributed by atoms with Gasteiger partial charge in [0.15, 0.2) is 17.3 Å². The number of anilines is 3. The molecule has 1 aromatic carbocycles. The third-order valence-corrected chi connectivity index (χ3v) is 3.42. The molecule has 0 radical (unpaired) electrons. The molecule has 3 aromatic rings. The van der Waals surface area contributed by atoms with E-state index < -0.39 is 5.91 Å². The van der Waals surface area contributed by atoms with Crippen molar-refractivity contribution >= 4 is 23.2 Å². The molecule has 0 unspecified atom stereocenters. The van der Waals surface area contributed by atoms with Gasteiger partial charge in [-0.1, -0.05) is 17.3 Å². The number of carbonyl (C=O) groups is 1. The summed E-state index contributed by atoms with van der Waals surface area (Å²) in [5, 5.41) is 17.5. The minimum absolute atomic E-state index is 0.196. The fourth-order valence-electron chi connectivity index (χ4n) is 2.13. The monoisotopic (exact) mass is 323 g/mol. The van der Waals surface area contributed by atoms with E-state index in [9.17, 15) is 4.79 Å². The van der Waals surface area contributed by atoms with E-state index in [1.54, 1.807) is 25.1 Å². The summed E-state index contributed by atoms with van der Waals surface area (Å²) in [5.74, 6) is 1.13. The van der Waals surface area contributed by atoms with Crippen LogP contribution in [-0.2, 0) is 0 Å². The molecule has 7 nitrogen and oxygen atoms in total. The summed E-state index contributed by atoms with van der Waals surface area (Å²) in [6.45, 7) is 5.78. The first-order valence-corrected chi connectivity index (χ1v) is 7.44. The number of hydrogen-bond donors (Lipinski definition) is 2. The lowest BCUT2D eigenvalue weighted by molar-refractivity contribution is 0.102. The number of carbonyl (C=O) groups excluding carboxylic acids is 1. The Morgan fingerprint density at radius 3 is 2.50 bits per heavy atom. The summed E-state index contributed by atoms with van der Waals surface area (Å²) in [4.78, 5) is 12.1. The molecule has 2 N–H and O–H groups in total. The summed E-state index contributed by atoms with van der Waals surface area (Å²) in [6, 6.07) is 11.0. The maximum absolute atomic E-state index is 12.1. The Balaban J connectivity index is 1.71. The molecular formula is C17H17N5O2. The average Bonchev–Trinajstić information content (AvgIpc) is 2.96. The van der Waals surface area contributed by atoms with E-state index in [4.69, 9.17) is 4.52 Å². The van der Waals surface area contributed by atoms with Crippen LogP contribution in [0.1, 0.15) is 27.4 Å². The van der Waals surface area contributed by atoms with Gasteiger partial charge in [0, 0.05) is 11.8 Å². The molecule has 2 heterocycles. The normalized spacial score (nSPS) is 10.5. The van der Waals surface area contributed by atoms with Crippen LogP contribution < -0.4 is 10.6 Å². The van der Waals surface area contributed by atoms with Crippen LogP contribution in [-0.4, -0.2) is 21.3 Å². The summed E-state index contributed by atoms with van der Waals surface area (Å²) in [7, 11) is 0. The molecular weight excluding hydrogens is 306 g/mol. The maximum Gasteiger partial charge on any atom is 0.277 e. The Bertz CT molecular complexity index is 871. The molecule has 0 saturated carbocycles. The number of hydrogen-bond acceptors (Lipinski definition) is 6. The van der Waals surface area contributed by atoms with Crippen molar-refractivity contribution in [3.63, 3.8) is 0 Å². The number of nitrogens with zero attached hydrogens (tertiary/aromatic N) is 3. The molecule has 3 rings (SSSR count). The second-order valence-electron chi connectivity index (χ2n) is 5.52. The van der Waals surface area contributed by atoms with Crippen molar-refractivity contribution in [2.45, 2.75) is 20.8 Å². The first kappa shape index (κ1) is 15.7. The van der Waals surface area contributed by atoms with Gasteiger partial charge in [0.1, 0.15) is 5.76 Å². The third kappa shape index (κ3) is 3.57. The molecule has 122 valence electrons. The summed E-state index contributed by atoms with van der Waals surface area (Å²) >= 11 is 0. The second-order valence-corrected chi connectivity index (χ2v) is 5.52. The molecule has 1 amide bonds. The molecule has 0 bridgehead atoms.